The maximum Gasteiger partial charge on any atom is 0.593 e. The molecule has 102 valence electrons. The van der Waals surface area contributed by atoms with Crippen LogP contribution in [-0.2, 0) is 9.59 Å². The monoisotopic (exact) mass is 299 g/mol. The number of fused-ring (bicyclic) bond motifs is 4. The van der Waals surface area contributed by atoms with Crippen molar-refractivity contribution in [2.24, 2.45) is 0 Å². The van der Waals surface area contributed by atoms with Crippen LogP contribution < -0.4 is 18.4 Å². The van der Waals surface area contributed by atoms with E-state index in [0.717, 1.165) is 0 Å². The highest BCUT2D eigenvalue weighted by Crippen LogP contribution is 2.80. The molecule has 2 aromatic rings. The fraction of sp³-hybridized carbons (Fsp3) is 0. The number of hydrogen-bond acceptors (Lipinski definition) is 4. The van der Waals surface area contributed by atoms with Crippen LogP contribution in [0.4, 0.5) is 11.4 Å². The standard InChI is InChI=1S/C14H8N2O4P/c17-13-14(18)16-10-6-2-4-8-12(10)20-21(16)15(13)9-5-1-3-7-11(9)19-21/h1-8H/q+1. The summed E-state index contributed by atoms with van der Waals surface area (Å²) in [7, 11) is -2.98. The zero-order valence-electron chi connectivity index (χ0n) is 10.6. The molecule has 21 heavy (non-hydrogen) atoms. The molecule has 0 saturated carbocycles. The first-order chi connectivity index (χ1) is 10.2. The minimum absolute atomic E-state index is 0.560. The van der Waals surface area contributed by atoms with E-state index in [9.17, 15) is 9.59 Å². The summed E-state index contributed by atoms with van der Waals surface area (Å²) in [5.41, 5.74) is 1.17. The highest BCUT2D eigenvalue weighted by molar-refractivity contribution is 7.75. The van der Waals surface area contributed by atoms with Gasteiger partial charge in [-0.25, -0.2) is 0 Å². The summed E-state index contributed by atoms with van der Waals surface area (Å²) in [6.45, 7) is 0. The lowest BCUT2D eigenvalue weighted by atomic mass is 10.2. The lowest BCUT2D eigenvalue weighted by Gasteiger charge is -2.15. The Hall–Kier alpha value is -2.59. The zero-order chi connectivity index (χ0) is 14.2. The second-order valence-electron chi connectivity index (χ2n) is 4.84. The molecule has 0 N–H and O–H groups in total. The van der Waals surface area contributed by atoms with Crippen LogP contribution in [0, 0.1) is 0 Å². The molecule has 3 aliphatic heterocycles. The Morgan fingerprint density at radius 2 is 1.14 bits per heavy atom. The zero-order valence-corrected chi connectivity index (χ0v) is 11.5. The van der Waals surface area contributed by atoms with E-state index in [4.69, 9.17) is 9.05 Å². The van der Waals surface area contributed by atoms with E-state index in [1.165, 1.54) is 9.34 Å². The van der Waals surface area contributed by atoms with E-state index < -0.39 is 19.8 Å². The van der Waals surface area contributed by atoms with E-state index >= 15 is 0 Å². The Balaban J connectivity index is 1.79. The molecule has 2 aromatic carbocycles. The molecule has 0 bridgehead atoms. The predicted molar refractivity (Wildman–Crippen MR) is 76.0 cm³/mol. The number of para-hydroxylation sites is 4. The van der Waals surface area contributed by atoms with Crippen molar-refractivity contribution in [1.82, 2.24) is 0 Å². The van der Waals surface area contributed by atoms with Crippen LogP contribution in [0.1, 0.15) is 0 Å². The number of benzene rings is 2. The topological polar surface area (TPSA) is 59.1 Å². The van der Waals surface area contributed by atoms with Gasteiger partial charge in [0.2, 0.25) is 11.5 Å². The fourth-order valence-corrected chi connectivity index (χ4v) is 5.72. The Labute approximate surface area is 120 Å². The molecule has 1 saturated heterocycles. The van der Waals surface area contributed by atoms with Crippen molar-refractivity contribution in [3.63, 3.8) is 0 Å². The van der Waals surface area contributed by atoms with Gasteiger partial charge in [0.05, 0.1) is 0 Å². The molecule has 0 unspecified atom stereocenters. The van der Waals surface area contributed by atoms with Gasteiger partial charge < -0.3 is 0 Å². The van der Waals surface area contributed by atoms with E-state index in [0.29, 0.717) is 22.9 Å². The summed E-state index contributed by atoms with van der Waals surface area (Å²) in [5, 5.41) is 0. The van der Waals surface area contributed by atoms with E-state index in [1.54, 1.807) is 36.4 Å². The molecule has 1 fully saturated rings. The summed E-state index contributed by atoms with van der Waals surface area (Å²) in [6, 6.07) is 14.3. The van der Waals surface area contributed by atoms with Gasteiger partial charge in [-0.15, -0.1) is 0 Å². The highest BCUT2D eigenvalue weighted by atomic mass is 31.2. The molecule has 0 atom stereocenters. The lowest BCUT2D eigenvalue weighted by Crippen LogP contribution is -2.26. The molecular weight excluding hydrogens is 291 g/mol. The van der Waals surface area contributed by atoms with Crippen LogP contribution >= 0.6 is 8.02 Å². The summed E-state index contributed by atoms with van der Waals surface area (Å²) in [6.07, 6.45) is 0. The fourth-order valence-electron chi connectivity index (χ4n) is 2.85. The third-order valence-corrected chi connectivity index (χ3v) is 6.37. The van der Waals surface area contributed by atoms with E-state index in [2.05, 4.69) is 0 Å². The normalized spacial score (nSPS) is 19.6. The van der Waals surface area contributed by atoms with Gasteiger partial charge in [0, 0.05) is 0 Å². The Bertz CT molecular complexity index is 768. The molecule has 7 heteroatoms. The number of carbonyl (C=O) groups is 2. The minimum atomic E-state index is -2.98. The van der Waals surface area contributed by atoms with Crippen molar-refractivity contribution in [3.05, 3.63) is 48.5 Å². The summed E-state index contributed by atoms with van der Waals surface area (Å²) in [5.74, 6) is -0.0976. The molecule has 0 aromatic heterocycles. The van der Waals surface area contributed by atoms with Crippen LogP contribution in [0.5, 0.6) is 11.5 Å². The molecule has 0 aliphatic carbocycles. The maximum atomic E-state index is 12.4. The third kappa shape index (κ3) is 1.10. The SMILES string of the molecule is O=C1C(=O)N2c3ccccc3O[P+]23Oc2ccccc2N13. The van der Waals surface area contributed by atoms with E-state index in [1.807, 2.05) is 12.1 Å². The van der Waals surface area contributed by atoms with Gasteiger partial charge >= 0.3 is 19.8 Å². The first-order valence-corrected chi connectivity index (χ1v) is 7.91. The highest BCUT2D eigenvalue weighted by Gasteiger charge is 2.80. The van der Waals surface area contributed by atoms with Gasteiger partial charge in [0.1, 0.15) is 11.4 Å². The predicted octanol–water partition coefficient (Wildman–Crippen LogP) is 2.53. The van der Waals surface area contributed by atoms with Gasteiger partial charge in [-0.3, -0.25) is 18.6 Å². The maximum absolute atomic E-state index is 12.4. The number of nitrogens with zero attached hydrogens (tertiary/aromatic N) is 2. The van der Waals surface area contributed by atoms with Crippen molar-refractivity contribution in [2.75, 3.05) is 9.34 Å². The molecule has 3 aliphatic rings. The second kappa shape index (κ2) is 3.35. The van der Waals surface area contributed by atoms with Crippen LogP contribution in [-0.4, -0.2) is 11.8 Å². The summed E-state index contributed by atoms with van der Waals surface area (Å²) in [4.78, 5) is 24.7. The average Bonchev–Trinajstić information content (AvgIpc) is 3.05. The van der Waals surface area contributed by atoms with Crippen molar-refractivity contribution in [2.45, 2.75) is 0 Å². The molecule has 3 heterocycles. The van der Waals surface area contributed by atoms with Crippen LogP contribution in [0.2, 0.25) is 0 Å². The number of carbonyl (C=O) groups excluding carboxylic acids is 2. The molecule has 1 spiro atoms. The number of hydrogen-bond donors (Lipinski definition) is 0. The first kappa shape index (κ1) is 11.1. The van der Waals surface area contributed by atoms with Crippen molar-refractivity contribution >= 4 is 31.2 Å². The first-order valence-electron chi connectivity index (χ1n) is 6.38. The van der Waals surface area contributed by atoms with Crippen LogP contribution in [0.3, 0.4) is 0 Å². The van der Waals surface area contributed by atoms with Crippen molar-refractivity contribution in [3.8, 4) is 11.5 Å². The van der Waals surface area contributed by atoms with Crippen molar-refractivity contribution < 1.29 is 18.6 Å². The smallest absolute Gasteiger partial charge is 0.262 e. The Morgan fingerprint density at radius 3 is 1.62 bits per heavy atom. The molecule has 0 radical (unpaired) electrons. The summed E-state index contributed by atoms with van der Waals surface area (Å²) >= 11 is 0. The number of rotatable bonds is 0. The van der Waals surface area contributed by atoms with Crippen molar-refractivity contribution in [1.29, 1.82) is 0 Å². The minimum Gasteiger partial charge on any atom is -0.262 e. The van der Waals surface area contributed by atoms with Crippen LogP contribution in [0.15, 0.2) is 48.5 Å². The quantitative estimate of drug-likeness (QED) is 0.554. The molecule has 6 nitrogen and oxygen atoms in total. The van der Waals surface area contributed by atoms with Gasteiger partial charge in [-0.05, 0) is 24.3 Å². The Morgan fingerprint density at radius 1 is 0.714 bits per heavy atom. The van der Waals surface area contributed by atoms with E-state index in [-0.39, 0.29) is 0 Å². The number of amides is 2. The second-order valence-corrected chi connectivity index (χ2v) is 6.99. The number of anilines is 2. The van der Waals surface area contributed by atoms with Gasteiger partial charge in [-0.1, -0.05) is 33.6 Å². The average molecular weight is 299 g/mol. The molecule has 2 amide bonds. The van der Waals surface area contributed by atoms with Crippen LogP contribution in [0.25, 0.3) is 0 Å². The Kier molecular flexibility index (Phi) is 1.77. The van der Waals surface area contributed by atoms with Gasteiger partial charge in [0.15, 0.2) is 0 Å². The molecule has 5 rings (SSSR count). The molecular formula is C14H8N2O4P+. The lowest BCUT2D eigenvalue weighted by molar-refractivity contribution is -0.133. The van der Waals surface area contributed by atoms with Gasteiger partial charge in [-0.2, -0.15) is 0 Å². The largest absolute Gasteiger partial charge is 0.593 e. The van der Waals surface area contributed by atoms with Gasteiger partial charge in [0.25, 0.3) is 0 Å². The summed E-state index contributed by atoms with van der Waals surface area (Å²) < 4.78 is 14.7. The third-order valence-electron chi connectivity index (χ3n) is 3.69.